The number of aromatic hydroxyl groups is 1. The maximum atomic E-state index is 9.16. The first-order chi connectivity index (χ1) is 8.28. The standard InChI is InChI=1S/C13H16N2OS/c1-2-12-8-15-13(17-12)9-14-7-10-3-5-11(16)6-4-10/h3-6,8,14,16H,2,7,9H2,1H3. The molecule has 3 nitrogen and oxygen atoms in total. The van der Waals surface area contributed by atoms with Crippen molar-refractivity contribution in [1.29, 1.82) is 0 Å². The molecule has 1 aromatic heterocycles. The summed E-state index contributed by atoms with van der Waals surface area (Å²) in [7, 11) is 0. The van der Waals surface area contributed by atoms with Crippen molar-refractivity contribution >= 4 is 11.3 Å². The maximum Gasteiger partial charge on any atom is 0.115 e. The summed E-state index contributed by atoms with van der Waals surface area (Å²) in [6.07, 6.45) is 3.00. The minimum Gasteiger partial charge on any atom is -0.508 e. The first-order valence-electron chi connectivity index (χ1n) is 5.70. The Labute approximate surface area is 105 Å². The van der Waals surface area contributed by atoms with Gasteiger partial charge in [-0.15, -0.1) is 11.3 Å². The molecule has 0 radical (unpaired) electrons. The Balaban J connectivity index is 1.81. The quantitative estimate of drug-likeness (QED) is 0.855. The van der Waals surface area contributed by atoms with E-state index in [2.05, 4.69) is 17.2 Å². The van der Waals surface area contributed by atoms with Gasteiger partial charge in [0.15, 0.2) is 0 Å². The molecule has 0 aliphatic carbocycles. The van der Waals surface area contributed by atoms with Crippen LogP contribution in [0, 0.1) is 0 Å². The average Bonchev–Trinajstić information content (AvgIpc) is 2.80. The number of thiazole rings is 1. The lowest BCUT2D eigenvalue weighted by Gasteiger charge is -2.02. The monoisotopic (exact) mass is 248 g/mol. The van der Waals surface area contributed by atoms with Crippen molar-refractivity contribution in [3.8, 4) is 5.75 Å². The van der Waals surface area contributed by atoms with E-state index in [1.54, 1.807) is 23.5 Å². The fraction of sp³-hybridized carbons (Fsp3) is 0.308. The van der Waals surface area contributed by atoms with Gasteiger partial charge in [-0.3, -0.25) is 0 Å². The topological polar surface area (TPSA) is 45.2 Å². The number of aromatic nitrogens is 1. The predicted octanol–water partition coefficient (Wildman–Crippen LogP) is 2.70. The van der Waals surface area contributed by atoms with Gasteiger partial charge in [0, 0.05) is 24.2 Å². The Morgan fingerprint density at radius 1 is 1.24 bits per heavy atom. The highest BCUT2D eigenvalue weighted by Gasteiger charge is 2.00. The SMILES string of the molecule is CCc1cnc(CNCc2ccc(O)cc2)s1. The molecule has 0 saturated heterocycles. The summed E-state index contributed by atoms with van der Waals surface area (Å²) in [4.78, 5) is 5.67. The third-order valence-electron chi connectivity index (χ3n) is 2.49. The lowest BCUT2D eigenvalue weighted by Crippen LogP contribution is -2.12. The smallest absolute Gasteiger partial charge is 0.115 e. The molecule has 1 heterocycles. The highest BCUT2D eigenvalue weighted by Crippen LogP contribution is 2.13. The first kappa shape index (κ1) is 12.1. The van der Waals surface area contributed by atoms with Crippen molar-refractivity contribution in [2.75, 3.05) is 0 Å². The summed E-state index contributed by atoms with van der Waals surface area (Å²) in [5.41, 5.74) is 1.16. The molecule has 0 atom stereocenters. The summed E-state index contributed by atoms with van der Waals surface area (Å²) in [5, 5.41) is 13.6. The van der Waals surface area contributed by atoms with Crippen LogP contribution in [0.4, 0.5) is 0 Å². The van der Waals surface area contributed by atoms with Crippen molar-refractivity contribution in [3.05, 3.63) is 45.9 Å². The van der Waals surface area contributed by atoms with Crippen molar-refractivity contribution in [2.45, 2.75) is 26.4 Å². The van der Waals surface area contributed by atoms with Crippen LogP contribution in [-0.4, -0.2) is 10.1 Å². The molecule has 0 aliphatic heterocycles. The highest BCUT2D eigenvalue weighted by atomic mass is 32.1. The molecule has 0 bridgehead atoms. The summed E-state index contributed by atoms with van der Waals surface area (Å²) >= 11 is 1.76. The van der Waals surface area contributed by atoms with Gasteiger partial charge in [0.2, 0.25) is 0 Å². The van der Waals surface area contributed by atoms with E-state index in [1.165, 1.54) is 4.88 Å². The fourth-order valence-corrected chi connectivity index (χ4v) is 2.35. The van der Waals surface area contributed by atoms with Crippen LogP contribution in [0.15, 0.2) is 30.5 Å². The largest absolute Gasteiger partial charge is 0.508 e. The lowest BCUT2D eigenvalue weighted by atomic mass is 10.2. The fourth-order valence-electron chi connectivity index (χ4n) is 1.52. The van der Waals surface area contributed by atoms with E-state index in [-0.39, 0.29) is 0 Å². The van der Waals surface area contributed by atoms with Crippen LogP contribution in [0.2, 0.25) is 0 Å². The highest BCUT2D eigenvalue weighted by molar-refractivity contribution is 7.11. The second kappa shape index (κ2) is 5.80. The van der Waals surface area contributed by atoms with Gasteiger partial charge in [-0.25, -0.2) is 4.98 Å². The van der Waals surface area contributed by atoms with Crippen molar-refractivity contribution in [2.24, 2.45) is 0 Å². The summed E-state index contributed by atoms with van der Waals surface area (Å²) in [5.74, 6) is 0.307. The van der Waals surface area contributed by atoms with E-state index in [1.807, 2.05) is 18.3 Å². The zero-order chi connectivity index (χ0) is 12.1. The molecule has 0 unspecified atom stereocenters. The Morgan fingerprint density at radius 2 is 2.00 bits per heavy atom. The minimum absolute atomic E-state index is 0.307. The molecule has 4 heteroatoms. The van der Waals surface area contributed by atoms with E-state index in [0.29, 0.717) is 5.75 Å². The van der Waals surface area contributed by atoms with Crippen molar-refractivity contribution in [1.82, 2.24) is 10.3 Å². The van der Waals surface area contributed by atoms with Crippen LogP contribution in [0.25, 0.3) is 0 Å². The van der Waals surface area contributed by atoms with E-state index >= 15 is 0 Å². The van der Waals surface area contributed by atoms with Crippen molar-refractivity contribution in [3.63, 3.8) is 0 Å². The molecule has 0 spiro atoms. The molecule has 0 aliphatic rings. The minimum atomic E-state index is 0.307. The number of hydrogen-bond donors (Lipinski definition) is 2. The maximum absolute atomic E-state index is 9.16. The zero-order valence-electron chi connectivity index (χ0n) is 9.81. The second-order valence-corrected chi connectivity index (χ2v) is 5.04. The van der Waals surface area contributed by atoms with E-state index < -0.39 is 0 Å². The van der Waals surface area contributed by atoms with Crippen LogP contribution in [-0.2, 0) is 19.5 Å². The van der Waals surface area contributed by atoms with Crippen LogP contribution in [0.3, 0.4) is 0 Å². The number of benzene rings is 1. The van der Waals surface area contributed by atoms with Crippen LogP contribution >= 0.6 is 11.3 Å². The second-order valence-electron chi connectivity index (χ2n) is 3.84. The first-order valence-corrected chi connectivity index (χ1v) is 6.52. The summed E-state index contributed by atoms with van der Waals surface area (Å²) in [6.45, 7) is 3.73. The number of hydrogen-bond acceptors (Lipinski definition) is 4. The van der Waals surface area contributed by atoms with Gasteiger partial charge >= 0.3 is 0 Å². The Hall–Kier alpha value is -1.39. The Bertz CT molecular complexity index is 465. The molecular weight excluding hydrogens is 232 g/mol. The molecule has 17 heavy (non-hydrogen) atoms. The molecule has 0 saturated carbocycles. The molecule has 2 aromatic rings. The Kier molecular flexibility index (Phi) is 4.12. The summed E-state index contributed by atoms with van der Waals surface area (Å²) in [6, 6.07) is 7.24. The van der Waals surface area contributed by atoms with Crippen LogP contribution in [0.5, 0.6) is 5.75 Å². The van der Waals surface area contributed by atoms with E-state index in [0.717, 1.165) is 30.1 Å². The van der Waals surface area contributed by atoms with Gasteiger partial charge in [0.25, 0.3) is 0 Å². The van der Waals surface area contributed by atoms with E-state index in [4.69, 9.17) is 5.11 Å². The Morgan fingerprint density at radius 3 is 2.65 bits per heavy atom. The van der Waals surface area contributed by atoms with E-state index in [9.17, 15) is 0 Å². The third kappa shape index (κ3) is 3.54. The number of aryl methyl sites for hydroxylation is 1. The molecule has 90 valence electrons. The lowest BCUT2D eigenvalue weighted by molar-refractivity contribution is 0.475. The average molecular weight is 248 g/mol. The number of rotatable bonds is 5. The zero-order valence-corrected chi connectivity index (χ0v) is 10.6. The van der Waals surface area contributed by atoms with Crippen molar-refractivity contribution < 1.29 is 5.11 Å². The van der Waals surface area contributed by atoms with Crippen LogP contribution < -0.4 is 5.32 Å². The predicted molar refractivity (Wildman–Crippen MR) is 70.1 cm³/mol. The molecule has 2 N–H and O–H groups in total. The molecule has 0 amide bonds. The van der Waals surface area contributed by atoms with Gasteiger partial charge in [-0.2, -0.15) is 0 Å². The normalized spacial score (nSPS) is 10.6. The molecule has 0 fully saturated rings. The number of phenolic OH excluding ortho intramolecular Hbond substituents is 1. The molecule has 1 aromatic carbocycles. The van der Waals surface area contributed by atoms with Gasteiger partial charge in [-0.1, -0.05) is 19.1 Å². The van der Waals surface area contributed by atoms with Gasteiger partial charge in [0.05, 0.1) is 0 Å². The number of nitrogens with one attached hydrogen (secondary N) is 1. The number of nitrogens with zero attached hydrogens (tertiary/aromatic N) is 1. The third-order valence-corrected chi connectivity index (χ3v) is 3.63. The summed E-state index contributed by atoms with van der Waals surface area (Å²) < 4.78 is 0. The van der Waals surface area contributed by atoms with Gasteiger partial charge in [0.1, 0.15) is 10.8 Å². The van der Waals surface area contributed by atoms with Gasteiger partial charge < -0.3 is 10.4 Å². The number of phenols is 1. The molecular formula is C13H16N2OS. The van der Waals surface area contributed by atoms with Crippen LogP contribution in [0.1, 0.15) is 22.4 Å². The molecule has 2 rings (SSSR count). The van der Waals surface area contributed by atoms with Gasteiger partial charge in [-0.05, 0) is 24.1 Å².